The second kappa shape index (κ2) is 4.52. The van der Waals surface area contributed by atoms with E-state index in [2.05, 4.69) is 36.4 Å². The van der Waals surface area contributed by atoms with Crippen LogP contribution in [-0.2, 0) is 0 Å². The molecule has 2 atom stereocenters. The van der Waals surface area contributed by atoms with Crippen LogP contribution in [0.5, 0.6) is 0 Å². The van der Waals surface area contributed by atoms with Gasteiger partial charge in [-0.1, -0.05) is 23.7 Å². The van der Waals surface area contributed by atoms with E-state index in [0.29, 0.717) is 12.0 Å². The van der Waals surface area contributed by atoms with Gasteiger partial charge in [0.2, 0.25) is 0 Å². The fraction of sp³-hybridized carbons (Fsp3) is 0.500. The number of hydrogen-bond acceptors (Lipinski definition) is 2. The Hall–Kier alpha value is -0.570. The van der Waals surface area contributed by atoms with E-state index in [4.69, 9.17) is 11.6 Å². The van der Waals surface area contributed by atoms with E-state index in [0.717, 1.165) is 18.1 Å². The third kappa shape index (κ3) is 2.33. The summed E-state index contributed by atoms with van der Waals surface area (Å²) in [4.78, 5) is 2.29. The monoisotopic (exact) mass is 224 g/mol. The van der Waals surface area contributed by atoms with E-state index in [1.807, 2.05) is 12.1 Å². The molecule has 2 rings (SSSR count). The van der Waals surface area contributed by atoms with Crippen molar-refractivity contribution in [2.24, 2.45) is 0 Å². The lowest BCUT2D eigenvalue weighted by atomic mass is 9.94. The van der Waals surface area contributed by atoms with E-state index in [-0.39, 0.29) is 0 Å². The molecule has 15 heavy (non-hydrogen) atoms. The summed E-state index contributed by atoms with van der Waals surface area (Å²) in [5.41, 5.74) is 1.38. The number of nitrogens with zero attached hydrogens (tertiary/aromatic N) is 1. The summed E-state index contributed by atoms with van der Waals surface area (Å²) >= 11 is 5.89. The van der Waals surface area contributed by atoms with Crippen LogP contribution >= 0.6 is 11.6 Å². The van der Waals surface area contributed by atoms with Crippen LogP contribution in [0.3, 0.4) is 0 Å². The fourth-order valence-corrected chi connectivity index (χ4v) is 2.38. The van der Waals surface area contributed by atoms with Gasteiger partial charge in [-0.15, -0.1) is 0 Å². The molecule has 0 unspecified atom stereocenters. The molecule has 0 aromatic heterocycles. The van der Waals surface area contributed by atoms with Crippen molar-refractivity contribution in [2.75, 3.05) is 27.2 Å². The molecule has 1 saturated heterocycles. The van der Waals surface area contributed by atoms with Crippen molar-refractivity contribution in [3.05, 3.63) is 34.9 Å². The lowest BCUT2D eigenvalue weighted by Crippen LogP contribution is -2.33. The predicted molar refractivity (Wildman–Crippen MR) is 64.5 cm³/mol. The Labute approximate surface area is 96.2 Å². The van der Waals surface area contributed by atoms with Crippen LogP contribution < -0.4 is 5.32 Å². The first-order valence-electron chi connectivity index (χ1n) is 5.31. The summed E-state index contributed by atoms with van der Waals surface area (Å²) in [6, 6.07) is 8.81. The van der Waals surface area contributed by atoms with E-state index < -0.39 is 0 Å². The second-order valence-corrected chi connectivity index (χ2v) is 4.78. The van der Waals surface area contributed by atoms with Gasteiger partial charge >= 0.3 is 0 Å². The third-order valence-corrected chi connectivity index (χ3v) is 3.40. The number of nitrogens with one attached hydrogen (secondary N) is 1. The van der Waals surface area contributed by atoms with Gasteiger partial charge in [0.1, 0.15) is 0 Å². The van der Waals surface area contributed by atoms with Gasteiger partial charge in [0.05, 0.1) is 0 Å². The molecule has 3 heteroatoms. The number of benzene rings is 1. The van der Waals surface area contributed by atoms with E-state index >= 15 is 0 Å². The minimum absolute atomic E-state index is 0.581. The Morgan fingerprint density at radius 2 is 1.87 bits per heavy atom. The maximum atomic E-state index is 5.89. The summed E-state index contributed by atoms with van der Waals surface area (Å²) in [7, 11) is 4.28. The fourth-order valence-electron chi connectivity index (χ4n) is 2.26. The van der Waals surface area contributed by atoms with E-state index in [1.54, 1.807) is 0 Å². The standard InChI is InChI=1S/C12H17ClN2/c1-15(2)12-8-14-7-11(12)9-3-5-10(13)6-4-9/h3-6,11-12,14H,7-8H2,1-2H3/t11-,12+/m0/s1. The summed E-state index contributed by atoms with van der Waals surface area (Å²) in [5.74, 6) is 0.581. The number of likely N-dealkylation sites (N-methyl/N-ethyl adjacent to an activating group) is 1. The van der Waals surface area contributed by atoms with Gasteiger partial charge in [-0.05, 0) is 31.8 Å². The van der Waals surface area contributed by atoms with E-state index in [1.165, 1.54) is 5.56 Å². The normalized spacial score (nSPS) is 26.1. The van der Waals surface area contributed by atoms with Crippen LogP contribution in [0.25, 0.3) is 0 Å². The van der Waals surface area contributed by atoms with Gasteiger partial charge < -0.3 is 10.2 Å². The first kappa shape index (κ1) is 10.9. The first-order valence-corrected chi connectivity index (χ1v) is 5.69. The van der Waals surface area contributed by atoms with Gasteiger partial charge in [0.25, 0.3) is 0 Å². The smallest absolute Gasteiger partial charge is 0.0406 e. The zero-order valence-electron chi connectivity index (χ0n) is 9.20. The highest BCUT2D eigenvalue weighted by Gasteiger charge is 2.29. The highest BCUT2D eigenvalue weighted by Crippen LogP contribution is 2.26. The quantitative estimate of drug-likeness (QED) is 0.826. The Kier molecular flexibility index (Phi) is 3.29. The maximum Gasteiger partial charge on any atom is 0.0406 e. The minimum atomic E-state index is 0.581. The molecule has 0 spiro atoms. The van der Waals surface area contributed by atoms with Gasteiger partial charge in [-0.25, -0.2) is 0 Å². The zero-order chi connectivity index (χ0) is 10.8. The van der Waals surface area contributed by atoms with Crippen molar-refractivity contribution in [3.8, 4) is 0 Å². The summed E-state index contributed by atoms with van der Waals surface area (Å²) in [5, 5.41) is 4.25. The average Bonchev–Trinajstić information content (AvgIpc) is 2.67. The van der Waals surface area contributed by atoms with Crippen LogP contribution in [-0.4, -0.2) is 38.1 Å². The number of halogens is 1. The van der Waals surface area contributed by atoms with Crippen LogP contribution in [0.15, 0.2) is 24.3 Å². The van der Waals surface area contributed by atoms with Crippen molar-refractivity contribution < 1.29 is 0 Å². The Morgan fingerprint density at radius 1 is 1.20 bits per heavy atom. The molecule has 0 aliphatic carbocycles. The van der Waals surface area contributed by atoms with Crippen LogP contribution in [0.1, 0.15) is 11.5 Å². The lowest BCUT2D eigenvalue weighted by molar-refractivity contribution is 0.291. The molecule has 2 nitrogen and oxygen atoms in total. The molecule has 0 radical (unpaired) electrons. The molecule has 0 amide bonds. The highest BCUT2D eigenvalue weighted by molar-refractivity contribution is 6.30. The van der Waals surface area contributed by atoms with Gasteiger partial charge in [-0.2, -0.15) is 0 Å². The molecule has 1 heterocycles. The average molecular weight is 225 g/mol. The van der Waals surface area contributed by atoms with Gasteiger partial charge in [0, 0.05) is 30.1 Å². The summed E-state index contributed by atoms with van der Waals surface area (Å²) < 4.78 is 0. The molecule has 0 bridgehead atoms. The molecule has 1 N–H and O–H groups in total. The SMILES string of the molecule is CN(C)[C@@H]1CNC[C@H]1c1ccc(Cl)cc1. The molecule has 1 fully saturated rings. The largest absolute Gasteiger partial charge is 0.314 e. The van der Waals surface area contributed by atoms with Crippen molar-refractivity contribution in [3.63, 3.8) is 0 Å². The molecular weight excluding hydrogens is 208 g/mol. The minimum Gasteiger partial charge on any atom is -0.314 e. The van der Waals surface area contributed by atoms with Crippen LogP contribution in [0.4, 0.5) is 0 Å². The van der Waals surface area contributed by atoms with Crippen LogP contribution in [0, 0.1) is 0 Å². The van der Waals surface area contributed by atoms with Crippen molar-refractivity contribution in [1.82, 2.24) is 10.2 Å². The molecule has 1 aliphatic rings. The van der Waals surface area contributed by atoms with E-state index in [9.17, 15) is 0 Å². The van der Waals surface area contributed by atoms with Crippen LogP contribution in [0.2, 0.25) is 5.02 Å². The maximum absolute atomic E-state index is 5.89. The lowest BCUT2D eigenvalue weighted by Gasteiger charge is -2.25. The van der Waals surface area contributed by atoms with Gasteiger partial charge in [-0.3, -0.25) is 0 Å². The van der Waals surface area contributed by atoms with Gasteiger partial charge in [0.15, 0.2) is 0 Å². The predicted octanol–water partition coefficient (Wildman–Crippen LogP) is 1.96. The first-order chi connectivity index (χ1) is 7.18. The molecule has 1 aromatic carbocycles. The number of rotatable bonds is 2. The Bertz CT molecular complexity index is 321. The molecule has 1 aliphatic heterocycles. The zero-order valence-corrected chi connectivity index (χ0v) is 9.96. The number of hydrogen-bond donors (Lipinski definition) is 1. The molecule has 0 saturated carbocycles. The molecule has 82 valence electrons. The van der Waals surface area contributed by atoms with Crippen molar-refractivity contribution in [1.29, 1.82) is 0 Å². The van der Waals surface area contributed by atoms with Crippen molar-refractivity contribution >= 4 is 11.6 Å². The highest BCUT2D eigenvalue weighted by atomic mass is 35.5. The third-order valence-electron chi connectivity index (χ3n) is 3.14. The van der Waals surface area contributed by atoms with Crippen molar-refractivity contribution in [2.45, 2.75) is 12.0 Å². The molecular formula is C12H17ClN2. The summed E-state index contributed by atoms with van der Waals surface area (Å²) in [6.07, 6.45) is 0. The molecule has 1 aromatic rings. The summed E-state index contributed by atoms with van der Waals surface area (Å²) in [6.45, 7) is 2.13. The Morgan fingerprint density at radius 3 is 2.47 bits per heavy atom. The second-order valence-electron chi connectivity index (χ2n) is 4.35. The topological polar surface area (TPSA) is 15.3 Å². The Balaban J connectivity index is 2.19.